The number of aryl methyl sites for hydroxylation is 2. The molecule has 4 rings (SSSR count). The van der Waals surface area contributed by atoms with Gasteiger partial charge in [0.1, 0.15) is 6.04 Å². The topological polar surface area (TPSA) is 81.8 Å². The number of carbonyl (C=O) groups excluding carboxylic acids is 1. The quantitative estimate of drug-likeness (QED) is 0.418. The largest absolute Gasteiger partial charge is 0.350 e. The third kappa shape index (κ3) is 4.43. The lowest BCUT2D eigenvalue weighted by molar-refractivity contribution is -0.125. The van der Waals surface area contributed by atoms with E-state index in [0.29, 0.717) is 24.2 Å². The Morgan fingerprint density at radius 2 is 1.76 bits per heavy atom. The number of amides is 1. The molecule has 2 aromatic carbocycles. The first-order chi connectivity index (χ1) is 15.9. The molecule has 2 aromatic heterocycles. The van der Waals surface area contributed by atoms with Crippen molar-refractivity contribution in [3.8, 4) is 5.69 Å². The van der Waals surface area contributed by atoms with E-state index in [0.717, 1.165) is 22.3 Å². The van der Waals surface area contributed by atoms with Crippen LogP contribution in [0.15, 0.2) is 64.3 Å². The summed E-state index contributed by atoms with van der Waals surface area (Å²) in [7, 11) is 0. The first-order valence-corrected chi connectivity index (χ1v) is 12.1. The number of nitrogens with one attached hydrogen (secondary N) is 1. The molecule has 2 heterocycles. The maximum atomic E-state index is 13.4. The maximum absolute atomic E-state index is 13.4. The Balaban J connectivity index is 1.66. The molecule has 7 nitrogen and oxygen atoms in total. The molecular weight excluding hydrogens is 434 g/mol. The van der Waals surface area contributed by atoms with E-state index < -0.39 is 6.04 Å². The van der Waals surface area contributed by atoms with Crippen LogP contribution in [0.2, 0.25) is 0 Å². The van der Waals surface area contributed by atoms with E-state index in [1.165, 1.54) is 9.58 Å². The zero-order valence-corrected chi connectivity index (χ0v) is 20.0. The summed E-state index contributed by atoms with van der Waals surface area (Å²) in [5.74, 6) is -0.237. The van der Waals surface area contributed by atoms with Gasteiger partial charge in [0.25, 0.3) is 5.56 Å². The minimum Gasteiger partial charge on any atom is -0.350 e. The van der Waals surface area contributed by atoms with Crippen molar-refractivity contribution in [3.05, 3.63) is 81.9 Å². The highest BCUT2D eigenvalue weighted by molar-refractivity contribution is 7.98. The highest BCUT2D eigenvalue weighted by Gasteiger charge is 2.25. The van der Waals surface area contributed by atoms with Crippen LogP contribution < -0.4 is 10.9 Å². The van der Waals surface area contributed by atoms with Gasteiger partial charge in [-0.15, -0.1) is 11.8 Å². The fourth-order valence-corrected chi connectivity index (χ4v) is 4.41. The number of aromatic nitrogens is 4. The average Bonchev–Trinajstić information content (AvgIpc) is 3.20. The van der Waals surface area contributed by atoms with E-state index >= 15 is 0 Å². The van der Waals surface area contributed by atoms with Crippen LogP contribution in [0.1, 0.15) is 36.3 Å². The third-order valence-corrected chi connectivity index (χ3v) is 6.50. The first kappa shape index (κ1) is 22.8. The fraction of sp³-hybridized carbons (Fsp3) is 0.280. The minimum absolute atomic E-state index is 0.237. The minimum atomic E-state index is -0.715. The number of fused-ring (bicyclic) bond motifs is 1. The number of hydrogen-bond acceptors (Lipinski definition) is 5. The summed E-state index contributed by atoms with van der Waals surface area (Å²) >= 11 is 1.67. The van der Waals surface area contributed by atoms with Crippen molar-refractivity contribution in [2.75, 3.05) is 6.26 Å². The molecule has 8 heteroatoms. The van der Waals surface area contributed by atoms with Gasteiger partial charge in [-0.2, -0.15) is 10.2 Å². The first-order valence-electron chi connectivity index (χ1n) is 10.9. The molecule has 1 unspecified atom stereocenters. The van der Waals surface area contributed by atoms with Crippen LogP contribution >= 0.6 is 11.8 Å². The second-order valence-corrected chi connectivity index (χ2v) is 8.76. The van der Waals surface area contributed by atoms with Gasteiger partial charge in [-0.25, -0.2) is 9.36 Å². The normalized spacial score (nSPS) is 12.1. The molecule has 0 bridgehead atoms. The number of carbonyl (C=O) groups is 1. The summed E-state index contributed by atoms with van der Waals surface area (Å²) in [6.45, 7) is 6.04. The Morgan fingerprint density at radius 1 is 1.06 bits per heavy atom. The number of para-hydroxylation sites is 1. The van der Waals surface area contributed by atoms with E-state index in [1.807, 2.05) is 81.6 Å². The Hall–Kier alpha value is -3.39. The molecule has 0 radical (unpaired) electrons. The van der Waals surface area contributed by atoms with Gasteiger partial charge in [0.2, 0.25) is 5.91 Å². The summed E-state index contributed by atoms with van der Waals surface area (Å²) in [5.41, 5.74) is 3.34. The van der Waals surface area contributed by atoms with Crippen LogP contribution in [0.3, 0.4) is 0 Å². The van der Waals surface area contributed by atoms with Crippen LogP contribution in [0.4, 0.5) is 0 Å². The third-order valence-electron chi connectivity index (χ3n) is 5.76. The van der Waals surface area contributed by atoms with Crippen LogP contribution in [-0.4, -0.2) is 31.7 Å². The van der Waals surface area contributed by atoms with Crippen LogP contribution in [0.5, 0.6) is 0 Å². The fourth-order valence-electron chi connectivity index (χ4n) is 4.00. The van der Waals surface area contributed by atoms with E-state index in [4.69, 9.17) is 0 Å². The van der Waals surface area contributed by atoms with Gasteiger partial charge in [-0.05, 0) is 56.4 Å². The smallest absolute Gasteiger partial charge is 0.295 e. The second kappa shape index (κ2) is 9.62. The molecule has 170 valence electrons. The molecular formula is C25H27N5O2S. The lowest BCUT2D eigenvalue weighted by Crippen LogP contribution is -2.38. The molecule has 1 N–H and O–H groups in total. The molecule has 0 saturated carbocycles. The van der Waals surface area contributed by atoms with Crippen molar-refractivity contribution in [1.82, 2.24) is 24.9 Å². The van der Waals surface area contributed by atoms with Crippen molar-refractivity contribution in [2.45, 2.75) is 44.7 Å². The monoisotopic (exact) mass is 461 g/mol. The maximum Gasteiger partial charge on any atom is 0.295 e. The van der Waals surface area contributed by atoms with Gasteiger partial charge >= 0.3 is 0 Å². The van der Waals surface area contributed by atoms with Crippen LogP contribution in [0, 0.1) is 13.8 Å². The van der Waals surface area contributed by atoms with Crippen molar-refractivity contribution in [3.63, 3.8) is 0 Å². The summed E-state index contributed by atoms with van der Waals surface area (Å²) in [6, 6.07) is 17.0. The number of rotatable bonds is 7. The summed E-state index contributed by atoms with van der Waals surface area (Å²) < 4.78 is 3.04. The lowest BCUT2D eigenvalue weighted by Gasteiger charge is -2.17. The number of hydrogen-bond donors (Lipinski definition) is 1. The van der Waals surface area contributed by atoms with Gasteiger partial charge in [0.15, 0.2) is 5.52 Å². The molecule has 33 heavy (non-hydrogen) atoms. The molecule has 0 aliphatic heterocycles. The number of nitrogens with zero attached hydrogens (tertiary/aromatic N) is 4. The van der Waals surface area contributed by atoms with E-state index in [9.17, 15) is 9.59 Å². The molecule has 1 atom stereocenters. The van der Waals surface area contributed by atoms with E-state index in [2.05, 4.69) is 15.5 Å². The van der Waals surface area contributed by atoms with Crippen molar-refractivity contribution in [1.29, 1.82) is 0 Å². The van der Waals surface area contributed by atoms with Gasteiger partial charge in [-0.1, -0.05) is 37.3 Å². The highest BCUT2D eigenvalue weighted by Crippen LogP contribution is 2.22. The molecule has 0 fully saturated rings. The molecule has 0 saturated heterocycles. The van der Waals surface area contributed by atoms with Crippen LogP contribution in [0.25, 0.3) is 16.6 Å². The number of benzene rings is 2. The standard InChI is InChI=1S/C25H27N5O2S/c1-5-21(24(31)26-15-18-11-13-20(33-4)14-12-18)30-25(32)23-22(16(2)27-30)17(3)29(28-23)19-9-7-6-8-10-19/h6-14,21H,5,15H2,1-4H3,(H,26,31). The zero-order chi connectivity index (χ0) is 23.5. The lowest BCUT2D eigenvalue weighted by atomic mass is 10.1. The van der Waals surface area contributed by atoms with Crippen molar-refractivity contribution < 1.29 is 4.79 Å². The summed E-state index contributed by atoms with van der Waals surface area (Å²) in [6.07, 6.45) is 2.46. The predicted molar refractivity (Wildman–Crippen MR) is 132 cm³/mol. The van der Waals surface area contributed by atoms with E-state index in [1.54, 1.807) is 16.4 Å². The SMILES string of the molecule is CCC(C(=O)NCc1ccc(SC)cc1)n1nc(C)c2c(C)n(-c3ccccc3)nc2c1=O. The summed E-state index contributed by atoms with van der Waals surface area (Å²) in [5, 5.41) is 12.8. The van der Waals surface area contributed by atoms with Crippen LogP contribution in [-0.2, 0) is 11.3 Å². The van der Waals surface area contributed by atoms with Crippen molar-refractivity contribution in [2.24, 2.45) is 0 Å². The Morgan fingerprint density at radius 3 is 2.39 bits per heavy atom. The highest BCUT2D eigenvalue weighted by atomic mass is 32.2. The van der Waals surface area contributed by atoms with Gasteiger partial charge < -0.3 is 5.32 Å². The molecule has 0 aliphatic carbocycles. The average molecular weight is 462 g/mol. The zero-order valence-electron chi connectivity index (χ0n) is 19.2. The molecule has 1 amide bonds. The molecule has 4 aromatic rings. The number of thioether (sulfide) groups is 1. The van der Waals surface area contributed by atoms with Gasteiger partial charge in [0.05, 0.1) is 22.5 Å². The molecule has 0 aliphatic rings. The van der Waals surface area contributed by atoms with Gasteiger partial charge in [0, 0.05) is 11.4 Å². The van der Waals surface area contributed by atoms with Gasteiger partial charge in [-0.3, -0.25) is 9.59 Å². The Kier molecular flexibility index (Phi) is 6.65. The van der Waals surface area contributed by atoms with Crippen molar-refractivity contribution >= 4 is 28.6 Å². The predicted octanol–water partition coefficient (Wildman–Crippen LogP) is 4.19. The Bertz CT molecular complexity index is 1340. The Labute approximate surface area is 196 Å². The van der Waals surface area contributed by atoms with E-state index in [-0.39, 0.29) is 11.5 Å². The molecule has 0 spiro atoms. The second-order valence-electron chi connectivity index (χ2n) is 7.88. The summed E-state index contributed by atoms with van der Waals surface area (Å²) in [4.78, 5) is 27.6.